The van der Waals surface area contributed by atoms with Crippen LogP contribution in [0.1, 0.15) is 11.3 Å². The monoisotopic (exact) mass is 643 g/mol. The molecule has 4 aromatic carbocycles. The Hall–Kier alpha value is -3.05. The van der Waals surface area contributed by atoms with Crippen LogP contribution in [0.3, 0.4) is 0 Å². The molecule has 0 fully saturated rings. The van der Waals surface area contributed by atoms with Crippen molar-refractivity contribution in [2.75, 3.05) is 0 Å². The molecule has 0 aliphatic heterocycles. The first kappa shape index (κ1) is 24.1. The van der Waals surface area contributed by atoms with Gasteiger partial charge in [0.2, 0.25) is 0 Å². The molecule has 0 N–H and O–H groups in total. The number of aryl methyl sites for hydroxylation is 1. The van der Waals surface area contributed by atoms with Crippen molar-refractivity contribution in [2.24, 2.45) is 0 Å². The zero-order chi connectivity index (χ0) is 23.8. The first-order valence-electron chi connectivity index (χ1n) is 10.8. The molecule has 34 heavy (non-hydrogen) atoms. The van der Waals surface area contributed by atoms with E-state index in [1.165, 1.54) is 22.0 Å². The molecule has 170 valence electrons. The van der Waals surface area contributed by atoms with Crippen LogP contribution in [-0.4, -0.2) is 4.98 Å². The van der Waals surface area contributed by atoms with Crippen LogP contribution >= 0.6 is 7.92 Å². The Balaban J connectivity index is 0.000000166. The number of halogens is 1. The molecule has 0 aliphatic rings. The van der Waals surface area contributed by atoms with E-state index < -0.39 is 7.92 Å². The van der Waals surface area contributed by atoms with E-state index in [1.54, 1.807) is 18.2 Å². The van der Waals surface area contributed by atoms with Gasteiger partial charge in [0.25, 0.3) is 0 Å². The standard InChI is InChI=1S/C18H15P.C12H7FN.Au/c1-4-10-16(11-5-1)19(17-12-6-2-7-13-17)18-14-8-3-9-15-18;1-3-9-5-7-11(13)10-6-4-8(2)14-12(9)10;/h1-15H;4-7H,2H3;. The third-order valence-electron chi connectivity index (χ3n) is 5.16. The van der Waals surface area contributed by atoms with Crippen molar-refractivity contribution in [2.45, 2.75) is 6.92 Å². The first-order valence-corrected chi connectivity index (χ1v) is 13.2. The van der Waals surface area contributed by atoms with Crippen LogP contribution < -0.4 is 15.9 Å². The van der Waals surface area contributed by atoms with Crippen molar-refractivity contribution >= 4 is 34.7 Å². The minimum atomic E-state index is -0.446. The summed E-state index contributed by atoms with van der Waals surface area (Å²) < 4.78 is 16.2. The molecule has 4 heteroatoms. The summed E-state index contributed by atoms with van der Waals surface area (Å²) >= 11 is 2.13. The molecule has 0 spiro atoms. The second-order valence-electron chi connectivity index (χ2n) is 7.49. The van der Waals surface area contributed by atoms with E-state index >= 15 is 0 Å². The predicted molar refractivity (Wildman–Crippen MR) is 138 cm³/mol. The van der Waals surface area contributed by atoms with Gasteiger partial charge in [-0.05, 0) is 23.8 Å². The van der Waals surface area contributed by atoms with E-state index in [9.17, 15) is 4.39 Å². The van der Waals surface area contributed by atoms with Gasteiger partial charge in [-0.15, -0.1) is 0 Å². The van der Waals surface area contributed by atoms with Crippen molar-refractivity contribution in [3.8, 4) is 10.1 Å². The largest absolute Gasteiger partial charge is 0.0622 e. The van der Waals surface area contributed by atoms with E-state index in [0.717, 1.165) is 11.3 Å². The molecule has 0 unspecified atom stereocenters. The maximum absolute atomic E-state index is 13.4. The topological polar surface area (TPSA) is 12.9 Å². The van der Waals surface area contributed by atoms with Gasteiger partial charge in [0.05, 0.1) is 0 Å². The third kappa shape index (κ3) is 5.89. The third-order valence-corrected chi connectivity index (χ3v) is 7.87. The quantitative estimate of drug-likeness (QED) is 0.134. The zero-order valence-electron chi connectivity index (χ0n) is 18.5. The molecule has 5 aromatic rings. The predicted octanol–water partition coefficient (Wildman–Crippen LogP) is 5.98. The van der Waals surface area contributed by atoms with E-state index in [0.29, 0.717) is 10.9 Å². The molecular formula is C30H22AuFNP. The summed E-state index contributed by atoms with van der Waals surface area (Å²) in [7, 11) is -0.446. The number of benzene rings is 4. The Bertz CT molecular complexity index is 1330. The minimum absolute atomic E-state index is 0.255. The van der Waals surface area contributed by atoms with Crippen molar-refractivity contribution in [3.63, 3.8) is 0 Å². The molecule has 0 saturated heterocycles. The summed E-state index contributed by atoms with van der Waals surface area (Å²) in [5.74, 6) is 2.65. The molecule has 1 nitrogen and oxygen atoms in total. The number of fused-ring (bicyclic) bond motifs is 1. The fraction of sp³-hybridized carbons (Fsp3) is 0.0333. The Labute approximate surface area is 213 Å². The Morgan fingerprint density at radius 1 is 0.676 bits per heavy atom. The van der Waals surface area contributed by atoms with Crippen LogP contribution in [0.25, 0.3) is 10.9 Å². The van der Waals surface area contributed by atoms with Crippen molar-refractivity contribution in [1.29, 1.82) is 0 Å². The maximum Gasteiger partial charge on any atom is -0.0134 e. The second kappa shape index (κ2) is 11.9. The summed E-state index contributed by atoms with van der Waals surface area (Å²) in [6.07, 6.45) is 0. The average molecular weight is 643 g/mol. The Morgan fingerprint density at radius 3 is 1.65 bits per heavy atom. The SMILES string of the molecule is Cc1ccc2c(F)ccc(C#[C][Au])c2n1.c1ccc(P(c2ccccc2)c2ccccc2)cc1. The van der Waals surface area contributed by atoms with Crippen LogP contribution in [0, 0.1) is 22.8 Å². The molecule has 0 aliphatic carbocycles. The normalized spacial score (nSPS) is 10.3. The van der Waals surface area contributed by atoms with Gasteiger partial charge < -0.3 is 0 Å². The summed E-state index contributed by atoms with van der Waals surface area (Å²) in [5, 5.41) is 4.72. The van der Waals surface area contributed by atoms with Crippen molar-refractivity contribution < 1.29 is 25.5 Å². The van der Waals surface area contributed by atoms with Gasteiger partial charge in [0, 0.05) is 0 Å². The molecule has 1 aromatic heterocycles. The minimum Gasteiger partial charge on any atom is -0.0622 e. The summed E-state index contributed by atoms with van der Waals surface area (Å²) in [4.78, 5) is 4.31. The van der Waals surface area contributed by atoms with E-state index in [4.69, 9.17) is 0 Å². The van der Waals surface area contributed by atoms with Crippen LogP contribution in [0.4, 0.5) is 4.39 Å². The number of hydrogen-bond acceptors (Lipinski definition) is 1. The second-order valence-corrected chi connectivity index (χ2v) is 10.2. The molecule has 0 saturated carbocycles. The molecule has 0 atom stereocenters. The van der Waals surface area contributed by atoms with Crippen molar-refractivity contribution in [1.82, 2.24) is 4.98 Å². The molecule has 5 rings (SSSR count). The molecular weight excluding hydrogens is 621 g/mol. The molecule has 0 bridgehead atoms. The molecule has 1 heterocycles. The van der Waals surface area contributed by atoms with Gasteiger partial charge in [0.15, 0.2) is 0 Å². The fourth-order valence-electron chi connectivity index (χ4n) is 3.60. The van der Waals surface area contributed by atoms with Crippen LogP contribution in [0.2, 0.25) is 0 Å². The fourth-order valence-corrected chi connectivity index (χ4v) is 6.20. The summed E-state index contributed by atoms with van der Waals surface area (Å²) in [5.41, 5.74) is 2.26. The first-order chi connectivity index (χ1) is 16.7. The van der Waals surface area contributed by atoms with Gasteiger partial charge in [-0.25, -0.2) is 0 Å². The number of rotatable bonds is 3. The van der Waals surface area contributed by atoms with E-state index in [-0.39, 0.29) is 5.82 Å². The summed E-state index contributed by atoms with van der Waals surface area (Å²) in [6.45, 7) is 1.88. The smallest absolute Gasteiger partial charge is 0.0134 e. The van der Waals surface area contributed by atoms with Crippen LogP contribution in [0.5, 0.6) is 0 Å². The maximum atomic E-state index is 13.4. The van der Waals surface area contributed by atoms with Crippen molar-refractivity contribution in [3.05, 3.63) is 132 Å². The van der Waals surface area contributed by atoms with E-state index in [1.807, 2.05) is 6.92 Å². The van der Waals surface area contributed by atoms with Gasteiger partial charge >= 0.3 is 99.7 Å². The number of aromatic nitrogens is 1. The van der Waals surface area contributed by atoms with Gasteiger partial charge in [-0.2, -0.15) is 0 Å². The average Bonchev–Trinajstić information content (AvgIpc) is 2.88. The number of nitrogens with zero attached hydrogens (tertiary/aromatic N) is 1. The summed E-state index contributed by atoms with van der Waals surface area (Å²) in [6, 6.07) is 38.9. The van der Waals surface area contributed by atoms with Gasteiger partial charge in [-0.3, -0.25) is 0 Å². The Morgan fingerprint density at radius 2 is 1.18 bits per heavy atom. The van der Waals surface area contributed by atoms with E-state index in [2.05, 4.69) is 127 Å². The number of hydrogen-bond donors (Lipinski definition) is 0. The van der Waals surface area contributed by atoms with Gasteiger partial charge in [0.1, 0.15) is 0 Å². The molecule has 0 amide bonds. The van der Waals surface area contributed by atoms with Crippen LogP contribution in [0.15, 0.2) is 115 Å². The zero-order valence-corrected chi connectivity index (χ0v) is 21.6. The van der Waals surface area contributed by atoms with Crippen LogP contribution in [-0.2, 0) is 21.1 Å². The van der Waals surface area contributed by atoms with Gasteiger partial charge in [-0.1, -0.05) is 91.0 Å². The Kier molecular flexibility index (Phi) is 8.42. The molecule has 0 radical (unpaired) electrons. The number of pyridine rings is 1.